The second kappa shape index (κ2) is 12.9. The standard InChI is InChI=1S/C54H33N3S/c1-2-12-37(13-3-1)47-32-48(57-53(56-47)38-25-20-34(21-26-38)40-14-10-30-55-33-40)39-27-24-36-23-22-35-11-4-7-17-43(35)54(46(36)31-39)44-18-8-5-15-41(44)51-45(54)28-29-50-52(51)42-16-6-9-19-49(42)58-50/h1-33H. The maximum atomic E-state index is 5.35. The zero-order valence-corrected chi connectivity index (χ0v) is 32.1. The molecule has 1 spiro atoms. The van der Waals surface area contributed by atoms with Gasteiger partial charge in [0, 0.05) is 49.3 Å². The topological polar surface area (TPSA) is 38.7 Å². The summed E-state index contributed by atoms with van der Waals surface area (Å²) in [6.07, 6.45) is 8.30. The Balaban J connectivity index is 1.12. The highest BCUT2D eigenvalue weighted by atomic mass is 32.1. The molecular formula is C54H33N3S. The molecule has 0 N–H and O–H groups in total. The third-order valence-electron chi connectivity index (χ3n) is 12.0. The first kappa shape index (κ1) is 32.9. The first-order chi connectivity index (χ1) is 28.7. The molecule has 0 amide bonds. The quantitative estimate of drug-likeness (QED) is 0.180. The van der Waals surface area contributed by atoms with Gasteiger partial charge in [0.05, 0.1) is 16.8 Å². The summed E-state index contributed by atoms with van der Waals surface area (Å²) in [4.78, 5) is 14.9. The molecule has 270 valence electrons. The number of hydrogen-bond acceptors (Lipinski definition) is 4. The van der Waals surface area contributed by atoms with E-state index in [0.29, 0.717) is 5.82 Å². The van der Waals surface area contributed by atoms with Gasteiger partial charge in [-0.2, -0.15) is 0 Å². The van der Waals surface area contributed by atoms with Crippen LogP contribution in [0.5, 0.6) is 0 Å². The molecule has 58 heavy (non-hydrogen) atoms. The van der Waals surface area contributed by atoms with Crippen molar-refractivity contribution in [2.45, 2.75) is 5.41 Å². The monoisotopic (exact) mass is 755 g/mol. The van der Waals surface area contributed by atoms with Gasteiger partial charge in [0.25, 0.3) is 0 Å². The molecule has 0 radical (unpaired) electrons. The molecule has 2 aliphatic rings. The van der Waals surface area contributed by atoms with Crippen LogP contribution >= 0.6 is 11.3 Å². The Hall–Kier alpha value is -7.27. The van der Waals surface area contributed by atoms with E-state index in [4.69, 9.17) is 9.97 Å². The van der Waals surface area contributed by atoms with Gasteiger partial charge in [0.1, 0.15) is 0 Å². The van der Waals surface area contributed by atoms with E-state index in [1.165, 1.54) is 64.7 Å². The molecule has 12 rings (SSSR count). The summed E-state index contributed by atoms with van der Waals surface area (Å²) in [5, 5.41) is 2.66. The molecule has 3 heterocycles. The Kier molecular flexibility index (Phi) is 7.31. The van der Waals surface area contributed by atoms with Crippen LogP contribution in [0, 0.1) is 0 Å². The number of aromatic nitrogens is 3. The molecule has 7 aromatic carbocycles. The van der Waals surface area contributed by atoms with Gasteiger partial charge in [0.15, 0.2) is 5.82 Å². The van der Waals surface area contributed by atoms with Crippen LogP contribution in [0.2, 0.25) is 0 Å². The molecule has 10 aromatic rings. The molecule has 0 fully saturated rings. The summed E-state index contributed by atoms with van der Waals surface area (Å²) in [6, 6.07) is 63.8. The van der Waals surface area contributed by atoms with Gasteiger partial charge >= 0.3 is 0 Å². The normalized spacial score (nSPS) is 14.9. The van der Waals surface area contributed by atoms with Crippen LogP contribution in [-0.2, 0) is 5.41 Å². The van der Waals surface area contributed by atoms with Crippen LogP contribution in [0.3, 0.4) is 0 Å². The van der Waals surface area contributed by atoms with E-state index in [0.717, 1.165) is 39.2 Å². The summed E-state index contributed by atoms with van der Waals surface area (Å²) in [6.45, 7) is 0. The molecule has 0 saturated carbocycles. The summed E-state index contributed by atoms with van der Waals surface area (Å²) < 4.78 is 2.63. The highest BCUT2D eigenvalue weighted by Crippen LogP contribution is 2.61. The Labute approximate surface area is 340 Å². The molecule has 3 nitrogen and oxygen atoms in total. The van der Waals surface area contributed by atoms with Crippen LogP contribution in [0.4, 0.5) is 0 Å². The van der Waals surface area contributed by atoms with Crippen LogP contribution in [-0.4, -0.2) is 15.0 Å². The summed E-state index contributed by atoms with van der Waals surface area (Å²) in [7, 11) is 0. The number of benzene rings is 7. The van der Waals surface area contributed by atoms with Gasteiger partial charge in [-0.25, -0.2) is 9.97 Å². The molecule has 3 aromatic heterocycles. The van der Waals surface area contributed by atoms with E-state index >= 15 is 0 Å². The molecule has 2 aliphatic carbocycles. The van der Waals surface area contributed by atoms with Crippen molar-refractivity contribution in [2.24, 2.45) is 0 Å². The summed E-state index contributed by atoms with van der Waals surface area (Å²) in [5.74, 6) is 0.687. The second-order valence-corrected chi connectivity index (χ2v) is 16.2. The summed E-state index contributed by atoms with van der Waals surface area (Å²) in [5.41, 5.74) is 16.6. The van der Waals surface area contributed by atoms with Gasteiger partial charge in [0.2, 0.25) is 0 Å². The van der Waals surface area contributed by atoms with E-state index in [1.807, 2.05) is 29.7 Å². The minimum absolute atomic E-state index is 0.575. The fourth-order valence-corrected chi connectivity index (χ4v) is 10.6. The SMILES string of the molecule is C1=Cc2ccc(-c3cc(-c4ccccc4)nc(-c4ccc(-c5cccnc5)cc4)n3)cc2C2(c3ccccc31)c1ccccc1-c1c2ccc2sc3ccccc3c12. The molecule has 0 aliphatic heterocycles. The van der Waals surface area contributed by atoms with Crippen LogP contribution < -0.4 is 0 Å². The highest BCUT2D eigenvalue weighted by Gasteiger charge is 2.49. The molecule has 4 heteroatoms. The van der Waals surface area contributed by atoms with E-state index < -0.39 is 5.41 Å². The Morgan fingerprint density at radius 1 is 0.431 bits per heavy atom. The number of pyridine rings is 1. The lowest BCUT2D eigenvalue weighted by Crippen LogP contribution is -2.30. The van der Waals surface area contributed by atoms with Crippen molar-refractivity contribution in [1.82, 2.24) is 15.0 Å². The Morgan fingerprint density at radius 3 is 1.97 bits per heavy atom. The van der Waals surface area contributed by atoms with Crippen molar-refractivity contribution in [2.75, 3.05) is 0 Å². The average Bonchev–Trinajstić information content (AvgIpc) is 3.77. The lowest BCUT2D eigenvalue weighted by Gasteiger charge is -2.35. The smallest absolute Gasteiger partial charge is 0.160 e. The van der Waals surface area contributed by atoms with E-state index in [2.05, 4.69) is 181 Å². The van der Waals surface area contributed by atoms with Crippen molar-refractivity contribution >= 4 is 43.7 Å². The fraction of sp³-hybridized carbons (Fsp3) is 0.0185. The molecular weight excluding hydrogens is 723 g/mol. The van der Waals surface area contributed by atoms with Gasteiger partial charge in [-0.3, -0.25) is 4.98 Å². The number of hydrogen-bond donors (Lipinski definition) is 0. The predicted octanol–water partition coefficient (Wildman–Crippen LogP) is 13.8. The lowest BCUT2D eigenvalue weighted by molar-refractivity contribution is 0.767. The third kappa shape index (κ3) is 4.89. The van der Waals surface area contributed by atoms with Crippen molar-refractivity contribution < 1.29 is 0 Å². The molecule has 0 bridgehead atoms. The van der Waals surface area contributed by atoms with E-state index in [-0.39, 0.29) is 0 Å². The van der Waals surface area contributed by atoms with Gasteiger partial charge in [-0.1, -0.05) is 158 Å². The fourth-order valence-electron chi connectivity index (χ4n) is 9.48. The molecule has 0 saturated heterocycles. The largest absolute Gasteiger partial charge is 0.264 e. The highest BCUT2D eigenvalue weighted by molar-refractivity contribution is 7.26. The first-order valence-electron chi connectivity index (χ1n) is 19.7. The van der Waals surface area contributed by atoms with Gasteiger partial charge in [-0.15, -0.1) is 11.3 Å². The van der Waals surface area contributed by atoms with Crippen LogP contribution in [0.15, 0.2) is 188 Å². The summed E-state index contributed by atoms with van der Waals surface area (Å²) >= 11 is 1.88. The van der Waals surface area contributed by atoms with Crippen molar-refractivity contribution in [3.05, 3.63) is 222 Å². The lowest BCUT2D eigenvalue weighted by atomic mass is 9.65. The van der Waals surface area contributed by atoms with Crippen molar-refractivity contribution in [1.29, 1.82) is 0 Å². The Morgan fingerprint density at radius 2 is 1.12 bits per heavy atom. The minimum atomic E-state index is -0.575. The van der Waals surface area contributed by atoms with Crippen molar-refractivity contribution in [3.8, 4) is 56.2 Å². The number of rotatable bonds is 4. The molecule has 1 atom stereocenters. The predicted molar refractivity (Wildman–Crippen MR) is 241 cm³/mol. The number of fused-ring (bicyclic) bond motifs is 13. The molecule has 1 unspecified atom stereocenters. The zero-order chi connectivity index (χ0) is 38.2. The zero-order valence-electron chi connectivity index (χ0n) is 31.3. The number of nitrogens with zero attached hydrogens (tertiary/aromatic N) is 3. The third-order valence-corrected chi connectivity index (χ3v) is 13.2. The van der Waals surface area contributed by atoms with Crippen molar-refractivity contribution in [3.63, 3.8) is 0 Å². The maximum absolute atomic E-state index is 5.35. The van der Waals surface area contributed by atoms with Crippen LogP contribution in [0.25, 0.3) is 88.5 Å². The van der Waals surface area contributed by atoms with Crippen LogP contribution in [0.1, 0.15) is 33.4 Å². The minimum Gasteiger partial charge on any atom is -0.264 e. The average molecular weight is 756 g/mol. The maximum Gasteiger partial charge on any atom is 0.160 e. The van der Waals surface area contributed by atoms with Gasteiger partial charge in [-0.05, 0) is 86.0 Å². The number of thiophene rings is 1. The second-order valence-electron chi connectivity index (χ2n) is 15.1. The van der Waals surface area contributed by atoms with Gasteiger partial charge < -0.3 is 0 Å². The first-order valence-corrected chi connectivity index (χ1v) is 20.5. The Bertz CT molecular complexity index is 3270. The van der Waals surface area contributed by atoms with E-state index in [9.17, 15) is 0 Å². The van der Waals surface area contributed by atoms with E-state index in [1.54, 1.807) is 6.20 Å².